The number of nitrogens with one attached hydrogen (secondary N) is 2. The second kappa shape index (κ2) is 12.2. The van der Waals surface area contributed by atoms with Crippen LogP contribution in [0.2, 0.25) is 0 Å². The molecule has 3 aliphatic rings. The van der Waals surface area contributed by atoms with Crippen LogP contribution in [-0.2, 0) is 46.0 Å². The average Bonchev–Trinajstić information content (AvgIpc) is 3.84. The highest BCUT2D eigenvalue weighted by Crippen LogP contribution is 2.49. The maximum absolute atomic E-state index is 15.8. The molecule has 0 bridgehead atoms. The normalized spacial score (nSPS) is 18.7. The minimum Gasteiger partial charge on any atom is -0.469 e. The van der Waals surface area contributed by atoms with Gasteiger partial charge in [-0.2, -0.15) is 5.10 Å². The predicted molar refractivity (Wildman–Crippen MR) is 188 cm³/mol. The molecular weight excluding hydrogens is 635 g/mol. The van der Waals surface area contributed by atoms with Crippen LogP contribution in [-0.4, -0.2) is 44.1 Å². The van der Waals surface area contributed by atoms with Crippen LogP contribution in [0.25, 0.3) is 0 Å². The Kier molecular flexibility index (Phi) is 7.80. The number of ether oxygens (including phenoxy) is 2. The van der Waals surface area contributed by atoms with Crippen LogP contribution in [0.3, 0.4) is 0 Å². The molecule has 1 aromatic heterocycles. The molecule has 5 aromatic rings. The van der Waals surface area contributed by atoms with E-state index in [1.54, 1.807) is 11.8 Å². The molecule has 10 heteroatoms. The lowest BCUT2D eigenvalue weighted by molar-refractivity contribution is 0.0919. The van der Waals surface area contributed by atoms with E-state index in [1.807, 2.05) is 91.0 Å². The zero-order valence-corrected chi connectivity index (χ0v) is 28.4. The number of rotatable bonds is 9. The Morgan fingerprint density at radius 2 is 1.61 bits per heavy atom. The van der Waals surface area contributed by atoms with Crippen molar-refractivity contribution < 1.29 is 18.5 Å². The molecule has 0 saturated carbocycles. The molecule has 2 N–H and O–H groups in total. The summed E-state index contributed by atoms with van der Waals surface area (Å²) in [6, 6.07) is 30.4. The average molecular weight is 674 g/mol. The molecule has 0 radical (unpaired) electrons. The third kappa shape index (κ3) is 4.96. The maximum Gasteiger partial charge on any atom is 0.336 e. The number of anilines is 1. The van der Waals surface area contributed by atoms with Gasteiger partial charge in [-0.05, 0) is 70.5 Å². The van der Waals surface area contributed by atoms with E-state index in [9.17, 15) is 4.78 Å². The molecule has 49 heavy (non-hydrogen) atoms. The Bertz CT molecular complexity index is 2030. The zero-order valence-electron chi connectivity index (χ0n) is 27.6. The topological polar surface area (TPSA) is 110 Å². The van der Waals surface area contributed by atoms with Gasteiger partial charge in [0.1, 0.15) is 16.5 Å². The molecule has 0 saturated heterocycles. The first-order valence-corrected chi connectivity index (χ1v) is 18.3. The van der Waals surface area contributed by atoms with Crippen LogP contribution in [0, 0.1) is 4.78 Å². The second-order valence-corrected chi connectivity index (χ2v) is 15.0. The third-order valence-electron chi connectivity index (χ3n) is 10.2. The molecule has 2 unspecified atom stereocenters. The number of methoxy groups -OCH3 is 1. The summed E-state index contributed by atoms with van der Waals surface area (Å²) in [5.74, 6) is 0.485. The number of hydrogen-bond acceptors (Lipinski definition) is 6. The monoisotopic (exact) mass is 673 g/mol. The van der Waals surface area contributed by atoms with Gasteiger partial charge >= 0.3 is 6.03 Å². The van der Waals surface area contributed by atoms with E-state index in [1.165, 1.54) is 21.6 Å². The van der Waals surface area contributed by atoms with E-state index < -0.39 is 21.5 Å². The number of carbonyl (C=O) groups excluding carboxylic acids is 1. The van der Waals surface area contributed by atoms with Gasteiger partial charge in [-0.1, -0.05) is 104 Å². The predicted octanol–water partition coefficient (Wildman–Crippen LogP) is 7.29. The molecule has 2 heterocycles. The fourth-order valence-electron chi connectivity index (χ4n) is 8.06. The number of fused-ring (bicyclic) bond motifs is 3. The van der Waals surface area contributed by atoms with Crippen molar-refractivity contribution in [2.75, 3.05) is 19.0 Å². The van der Waals surface area contributed by atoms with Crippen LogP contribution in [0.1, 0.15) is 58.2 Å². The molecule has 250 valence electrons. The number of aryl methyl sites for hydroxylation is 1. The largest absolute Gasteiger partial charge is 0.469 e. The number of hydrogen-bond donors (Lipinski definition) is 2. The van der Waals surface area contributed by atoms with Gasteiger partial charge in [0.05, 0.1) is 19.3 Å². The maximum atomic E-state index is 15.8. The second-order valence-electron chi connectivity index (χ2n) is 13.2. The van der Waals surface area contributed by atoms with Gasteiger partial charge in [-0.15, -0.1) is 0 Å². The molecule has 2 amide bonds. The van der Waals surface area contributed by atoms with Crippen molar-refractivity contribution in [2.24, 2.45) is 0 Å². The molecular formula is C39H39N5O4S. The number of nitrogens with zero attached hydrogens (tertiary/aromatic N) is 3. The molecule has 8 rings (SSSR count). The first kappa shape index (κ1) is 31.3. The van der Waals surface area contributed by atoms with E-state index >= 15 is 9.00 Å². The van der Waals surface area contributed by atoms with Gasteiger partial charge in [0.15, 0.2) is 9.92 Å². The Hall–Kier alpha value is -4.93. The van der Waals surface area contributed by atoms with Crippen LogP contribution in [0.5, 0.6) is 5.88 Å². The Balaban J connectivity index is 1.40. The summed E-state index contributed by atoms with van der Waals surface area (Å²) in [5, 5.41) is 7.80. The van der Waals surface area contributed by atoms with E-state index in [4.69, 9.17) is 9.47 Å². The fraction of sp³-hybridized carbons (Fsp3) is 0.282. The Morgan fingerprint density at radius 3 is 2.18 bits per heavy atom. The van der Waals surface area contributed by atoms with E-state index in [2.05, 4.69) is 23.4 Å². The smallest absolute Gasteiger partial charge is 0.336 e. The van der Waals surface area contributed by atoms with Crippen LogP contribution in [0.4, 0.5) is 10.5 Å². The minimum atomic E-state index is -4.20. The zero-order chi connectivity index (χ0) is 33.8. The van der Waals surface area contributed by atoms with Gasteiger partial charge in [0, 0.05) is 12.8 Å². The van der Waals surface area contributed by atoms with Crippen molar-refractivity contribution in [1.29, 1.82) is 4.78 Å². The first-order chi connectivity index (χ1) is 23.8. The molecule has 4 aromatic carbocycles. The van der Waals surface area contributed by atoms with Gasteiger partial charge < -0.3 is 14.8 Å². The molecule has 9 nitrogen and oxygen atoms in total. The van der Waals surface area contributed by atoms with E-state index in [-0.39, 0.29) is 22.8 Å². The lowest BCUT2D eigenvalue weighted by atomic mass is 9.75. The van der Waals surface area contributed by atoms with Crippen LogP contribution >= 0.6 is 0 Å². The van der Waals surface area contributed by atoms with Gasteiger partial charge in [0.2, 0.25) is 5.88 Å². The summed E-state index contributed by atoms with van der Waals surface area (Å²) in [5.41, 5.74) is 6.11. The van der Waals surface area contributed by atoms with Crippen molar-refractivity contribution in [2.45, 2.75) is 61.6 Å². The highest BCUT2D eigenvalue weighted by Gasteiger charge is 2.52. The van der Waals surface area contributed by atoms with Crippen molar-refractivity contribution in [3.8, 4) is 5.88 Å². The standard InChI is InChI=1S/C39H39N5O4S/c1-26-21-28-22-27-13-12-20-33(27)36(35(26)28)42-38(45)44(49(40,46)34-23-41-43-24-32(25-47-2)48-37(34)43)39(29-14-6-3-7-15-29,30-16-8-4-9-17-30)31-18-10-5-11-19-31/h3-11,14-19,22-23,26,32,40H,12-13,20-21,24-25H2,1-2H3,(H,42,45)/t26-,32?,49?/m1/s1. The highest BCUT2D eigenvalue weighted by atomic mass is 32.2. The molecule has 0 fully saturated rings. The number of carbonyl (C=O) groups is 1. The van der Waals surface area contributed by atoms with Crippen LogP contribution in [0.15, 0.2) is 108 Å². The molecule has 3 atom stereocenters. The molecule has 1 aliphatic heterocycles. The van der Waals surface area contributed by atoms with Gasteiger partial charge in [-0.25, -0.2) is 22.8 Å². The highest BCUT2D eigenvalue weighted by molar-refractivity contribution is 7.90. The Morgan fingerprint density at radius 1 is 1.00 bits per heavy atom. The fourth-order valence-corrected chi connectivity index (χ4v) is 9.82. The number of benzene rings is 4. The van der Waals surface area contributed by atoms with E-state index in [0.29, 0.717) is 29.8 Å². The number of aromatic nitrogens is 2. The van der Waals surface area contributed by atoms with Gasteiger partial charge in [-0.3, -0.25) is 0 Å². The SMILES string of the molecule is COCC1Cn2ncc(S(=N)(=O)N(C(=O)Nc3c4c(cc5c3[C@H](C)C5)CCC4)C(c3ccccc3)(c3ccccc3)c3ccccc3)c2O1. The lowest BCUT2D eigenvalue weighted by Gasteiger charge is -2.45. The van der Waals surface area contributed by atoms with Crippen molar-refractivity contribution >= 4 is 21.6 Å². The minimum absolute atomic E-state index is 0.0353. The van der Waals surface area contributed by atoms with Crippen LogP contribution < -0.4 is 10.1 Å². The lowest BCUT2D eigenvalue weighted by Crippen LogP contribution is -2.55. The first-order valence-electron chi connectivity index (χ1n) is 16.8. The summed E-state index contributed by atoms with van der Waals surface area (Å²) in [6.07, 6.45) is 4.83. The molecule has 0 spiro atoms. The number of urea groups is 1. The van der Waals surface area contributed by atoms with Crippen molar-refractivity contribution in [3.05, 3.63) is 142 Å². The summed E-state index contributed by atoms with van der Waals surface area (Å²) in [7, 11) is -2.61. The quantitative estimate of drug-likeness (QED) is 0.160. The summed E-state index contributed by atoms with van der Waals surface area (Å²) in [4.78, 5) is 15.5. The van der Waals surface area contributed by atoms with Crippen molar-refractivity contribution in [3.63, 3.8) is 0 Å². The van der Waals surface area contributed by atoms with Crippen molar-refractivity contribution in [1.82, 2.24) is 14.1 Å². The number of amides is 2. The summed E-state index contributed by atoms with van der Waals surface area (Å²) >= 11 is 0. The third-order valence-corrected chi connectivity index (χ3v) is 12.0. The summed E-state index contributed by atoms with van der Waals surface area (Å²) < 4.78 is 40.2. The van der Waals surface area contributed by atoms with Gasteiger partial charge in [0.25, 0.3) is 0 Å². The summed E-state index contributed by atoms with van der Waals surface area (Å²) in [6.45, 7) is 2.86. The van der Waals surface area contributed by atoms with E-state index in [0.717, 1.165) is 42.5 Å². The molecule has 2 aliphatic carbocycles. The Labute approximate surface area is 287 Å².